The highest BCUT2D eigenvalue weighted by atomic mass is 16.4. The molecule has 258 valence electrons. The van der Waals surface area contributed by atoms with Gasteiger partial charge in [-0.25, -0.2) is 4.79 Å². The van der Waals surface area contributed by atoms with Crippen LogP contribution in [0.1, 0.15) is 67.2 Å². The molecule has 0 fully saturated rings. The van der Waals surface area contributed by atoms with Gasteiger partial charge >= 0.3 is 5.97 Å². The smallest absolute Gasteiger partial charge is 0.326 e. The zero-order valence-electron chi connectivity index (χ0n) is 27.1. The van der Waals surface area contributed by atoms with Gasteiger partial charge in [-0.15, -0.1) is 0 Å². The lowest BCUT2D eigenvalue weighted by molar-refractivity contribution is -0.142. The first-order valence-corrected chi connectivity index (χ1v) is 15.0. The Balaban J connectivity index is 5.85. The molecule has 0 saturated heterocycles. The molecule has 0 heterocycles. The number of aliphatic hydroxyl groups excluding tert-OH is 1. The molecule has 17 heteroatoms. The normalized spacial score (nSPS) is 14.5. The van der Waals surface area contributed by atoms with E-state index >= 15 is 0 Å². The molecule has 0 aliphatic heterocycles. The molecule has 0 spiro atoms. The van der Waals surface area contributed by atoms with Gasteiger partial charge in [0.25, 0.3) is 0 Å². The summed E-state index contributed by atoms with van der Waals surface area (Å²) in [5.41, 5.74) is 15.8. The van der Waals surface area contributed by atoms with Crippen LogP contribution in [0.15, 0.2) is 4.99 Å². The Labute approximate surface area is 264 Å². The number of aliphatic hydroxyl groups is 1. The van der Waals surface area contributed by atoms with Crippen molar-refractivity contribution < 1.29 is 39.0 Å². The van der Waals surface area contributed by atoms with E-state index in [1.807, 2.05) is 27.7 Å². The molecule has 0 aliphatic carbocycles. The molecule has 0 aromatic rings. The summed E-state index contributed by atoms with van der Waals surface area (Å²) in [7, 11) is 0. The average molecular weight is 644 g/mol. The number of carboxylic acids is 1. The summed E-state index contributed by atoms with van der Waals surface area (Å²) in [6.45, 7) is 9.67. The van der Waals surface area contributed by atoms with Gasteiger partial charge in [0, 0.05) is 6.54 Å². The quantitative estimate of drug-likeness (QED) is 0.0347. The number of carbonyl (C=O) groups excluding carboxylic acids is 5. The average Bonchev–Trinajstić information content (AvgIpc) is 2.93. The molecule has 0 saturated carbocycles. The summed E-state index contributed by atoms with van der Waals surface area (Å²) in [4.78, 5) is 80.0. The maximum absolute atomic E-state index is 13.5. The third-order valence-electron chi connectivity index (χ3n) is 6.51. The zero-order valence-corrected chi connectivity index (χ0v) is 27.1. The van der Waals surface area contributed by atoms with Gasteiger partial charge in [0.1, 0.15) is 30.2 Å². The predicted molar refractivity (Wildman–Crippen MR) is 167 cm³/mol. The molecule has 0 aliphatic rings. The number of nitrogens with one attached hydrogen (secondary N) is 5. The number of carboxylic acid groups (broad SMARTS) is 1. The fourth-order valence-electron chi connectivity index (χ4n) is 4.21. The van der Waals surface area contributed by atoms with Crippen LogP contribution >= 0.6 is 0 Å². The second kappa shape index (κ2) is 20.9. The first-order valence-electron chi connectivity index (χ1n) is 15.0. The molecular weight excluding hydrogens is 590 g/mol. The van der Waals surface area contributed by atoms with Gasteiger partial charge in [0.05, 0.1) is 13.2 Å². The van der Waals surface area contributed by atoms with E-state index in [0.717, 1.165) is 0 Å². The summed E-state index contributed by atoms with van der Waals surface area (Å²) in [6, 6.07) is -5.97. The van der Waals surface area contributed by atoms with Gasteiger partial charge in [0.15, 0.2) is 5.96 Å². The van der Waals surface area contributed by atoms with Crippen molar-refractivity contribution in [1.82, 2.24) is 26.6 Å². The van der Waals surface area contributed by atoms with Gasteiger partial charge in [0.2, 0.25) is 29.5 Å². The van der Waals surface area contributed by atoms with Crippen molar-refractivity contribution in [2.45, 2.75) is 97.4 Å². The van der Waals surface area contributed by atoms with Crippen molar-refractivity contribution in [3.8, 4) is 0 Å². The Morgan fingerprint density at radius 1 is 0.689 bits per heavy atom. The minimum atomic E-state index is -1.35. The fraction of sp³-hybridized carbons (Fsp3) is 0.750. The monoisotopic (exact) mass is 643 g/mol. The number of amides is 5. The highest BCUT2D eigenvalue weighted by Crippen LogP contribution is 2.11. The SMILES string of the molecule is CC(C)C[C@H](NC(=O)[C@H](CC(C)C)NC(=O)[C@@H](NC(=O)[C@H](CO)NC(=O)CN)C(C)C)C(=O)N[C@@H](CCCN=C(N)N)C(=O)O. The van der Waals surface area contributed by atoms with Crippen LogP contribution in [-0.2, 0) is 28.8 Å². The number of carbonyl (C=O) groups is 6. The first kappa shape index (κ1) is 41.0. The van der Waals surface area contributed by atoms with Crippen LogP contribution < -0.4 is 43.8 Å². The highest BCUT2D eigenvalue weighted by Gasteiger charge is 2.33. The molecule has 13 N–H and O–H groups in total. The zero-order chi connectivity index (χ0) is 34.9. The van der Waals surface area contributed by atoms with Crippen molar-refractivity contribution in [2.75, 3.05) is 19.7 Å². The molecule has 5 atom stereocenters. The number of nitrogens with two attached hydrogens (primary N) is 3. The van der Waals surface area contributed by atoms with E-state index < -0.39 is 84.8 Å². The maximum Gasteiger partial charge on any atom is 0.326 e. The van der Waals surface area contributed by atoms with E-state index in [9.17, 15) is 39.0 Å². The maximum atomic E-state index is 13.5. The van der Waals surface area contributed by atoms with Gasteiger partial charge in [-0.1, -0.05) is 41.5 Å². The van der Waals surface area contributed by atoms with E-state index in [2.05, 4.69) is 31.6 Å². The lowest BCUT2D eigenvalue weighted by atomic mass is 9.98. The number of aliphatic carboxylic acids is 1. The molecule has 5 amide bonds. The Bertz CT molecular complexity index is 1030. The molecule has 0 rings (SSSR count). The lowest BCUT2D eigenvalue weighted by Crippen LogP contribution is -2.60. The van der Waals surface area contributed by atoms with Crippen molar-refractivity contribution in [1.29, 1.82) is 0 Å². The van der Waals surface area contributed by atoms with Crippen LogP contribution in [0.5, 0.6) is 0 Å². The fourth-order valence-corrected chi connectivity index (χ4v) is 4.21. The molecule has 0 bridgehead atoms. The molecule has 0 aromatic heterocycles. The van der Waals surface area contributed by atoms with Gasteiger partial charge in [-0.05, 0) is 43.4 Å². The summed E-state index contributed by atoms with van der Waals surface area (Å²) >= 11 is 0. The number of aliphatic imine (C=N–C) groups is 1. The molecule has 45 heavy (non-hydrogen) atoms. The van der Waals surface area contributed by atoms with Crippen LogP contribution in [0.2, 0.25) is 0 Å². The minimum Gasteiger partial charge on any atom is -0.480 e. The number of hydrogen-bond donors (Lipinski definition) is 10. The Morgan fingerprint density at radius 2 is 1.16 bits per heavy atom. The van der Waals surface area contributed by atoms with Crippen molar-refractivity contribution >= 4 is 41.5 Å². The third-order valence-corrected chi connectivity index (χ3v) is 6.51. The van der Waals surface area contributed by atoms with E-state index in [-0.39, 0.29) is 50.0 Å². The molecule has 17 nitrogen and oxygen atoms in total. The number of guanidine groups is 1. The van der Waals surface area contributed by atoms with Gasteiger partial charge in [-0.3, -0.25) is 29.0 Å². The standard InChI is InChI=1S/C28H53N9O8/c1-14(2)10-18(23(40)34-17(27(44)45)8-7-9-32-28(30)31)35-24(41)19(11-15(3)4)36-26(43)22(16(5)6)37-25(42)20(13-38)33-21(39)12-29/h14-20,22,38H,7-13,29H2,1-6H3,(H,33,39)(H,34,40)(H,35,41)(H,36,43)(H,37,42)(H,44,45)(H4,30,31,32)/t17-,18-,19-,20-,22-/m0/s1. The summed E-state index contributed by atoms with van der Waals surface area (Å²) in [6.07, 6.45) is 0.690. The first-order chi connectivity index (χ1) is 20.9. The lowest BCUT2D eigenvalue weighted by Gasteiger charge is -2.29. The highest BCUT2D eigenvalue weighted by molar-refractivity contribution is 5.96. The molecule has 0 radical (unpaired) electrons. The van der Waals surface area contributed by atoms with E-state index in [1.165, 1.54) is 0 Å². The Hall–Kier alpha value is -3.99. The molecular formula is C28H53N9O8. The second-order valence-electron chi connectivity index (χ2n) is 12.0. The number of hydrogen-bond acceptors (Lipinski definition) is 9. The van der Waals surface area contributed by atoms with E-state index in [0.29, 0.717) is 0 Å². The Kier molecular flexibility index (Phi) is 19.0. The van der Waals surface area contributed by atoms with Crippen LogP contribution in [0.25, 0.3) is 0 Å². The molecule has 0 unspecified atom stereocenters. The minimum absolute atomic E-state index is 0.0432. The second-order valence-corrected chi connectivity index (χ2v) is 12.0. The van der Waals surface area contributed by atoms with Crippen LogP contribution in [0.4, 0.5) is 0 Å². The largest absolute Gasteiger partial charge is 0.480 e. The van der Waals surface area contributed by atoms with Crippen molar-refractivity contribution in [3.05, 3.63) is 0 Å². The third kappa shape index (κ3) is 16.6. The number of nitrogens with zero attached hydrogens (tertiary/aromatic N) is 1. The van der Waals surface area contributed by atoms with Crippen LogP contribution in [0.3, 0.4) is 0 Å². The summed E-state index contributed by atoms with van der Waals surface area (Å²) in [5, 5.41) is 31.7. The molecule has 0 aromatic carbocycles. The van der Waals surface area contributed by atoms with Gasteiger partial charge in [-0.2, -0.15) is 0 Å². The van der Waals surface area contributed by atoms with Gasteiger partial charge < -0.3 is 54.0 Å². The Morgan fingerprint density at radius 3 is 1.56 bits per heavy atom. The summed E-state index contributed by atoms with van der Waals surface area (Å²) < 4.78 is 0. The number of rotatable bonds is 21. The predicted octanol–water partition coefficient (Wildman–Crippen LogP) is -2.75. The van der Waals surface area contributed by atoms with Crippen molar-refractivity contribution in [3.63, 3.8) is 0 Å². The summed E-state index contributed by atoms with van der Waals surface area (Å²) in [5.74, 6) is -5.57. The van der Waals surface area contributed by atoms with E-state index in [4.69, 9.17) is 17.2 Å². The van der Waals surface area contributed by atoms with Crippen LogP contribution in [-0.4, -0.2) is 102 Å². The van der Waals surface area contributed by atoms with Crippen molar-refractivity contribution in [2.24, 2.45) is 39.9 Å². The topological polar surface area (TPSA) is 293 Å². The van der Waals surface area contributed by atoms with Crippen LogP contribution in [0, 0.1) is 17.8 Å². The van der Waals surface area contributed by atoms with E-state index in [1.54, 1.807) is 13.8 Å².